The van der Waals surface area contributed by atoms with Crippen LogP contribution in [-0.4, -0.2) is 87.6 Å². The van der Waals surface area contributed by atoms with Gasteiger partial charge in [0.05, 0.1) is 18.2 Å². The molecule has 2 aromatic carbocycles. The molecule has 0 radical (unpaired) electrons. The molecule has 39 heavy (non-hydrogen) atoms. The number of allylic oxidation sites excluding steroid dienone is 1. The van der Waals surface area contributed by atoms with Crippen molar-refractivity contribution in [1.29, 1.82) is 0 Å². The van der Waals surface area contributed by atoms with E-state index in [1.54, 1.807) is 37.2 Å². The predicted octanol–water partition coefficient (Wildman–Crippen LogP) is 1.94. The first kappa shape index (κ1) is 26.9. The molecule has 0 spiro atoms. The standard InChI is InChI=1S/C29H32N2O8/c1-12(33)19-26(36)23(31(4)5)18-10-14-9-17-21(25(35)20(14)28(38)29(18,39)27(19)37)24(34)16-8-13(11-32)6-7-15(16)22(17)30(2)3/h6-8,14,18,23,32,34,36,38-39H,9-11H2,1-5H3/t14-,18-,23-,29+/m0/s1. The van der Waals surface area contributed by atoms with E-state index in [4.69, 9.17) is 0 Å². The van der Waals surface area contributed by atoms with Crippen LogP contribution in [0.1, 0.15) is 34.8 Å². The largest absolute Gasteiger partial charge is 0.510 e. The third-order valence-electron chi connectivity index (χ3n) is 8.47. The van der Waals surface area contributed by atoms with Crippen LogP contribution >= 0.6 is 0 Å². The van der Waals surface area contributed by atoms with Gasteiger partial charge in [-0.15, -0.1) is 0 Å². The smallest absolute Gasteiger partial charge is 0.209 e. The highest BCUT2D eigenvalue weighted by molar-refractivity contribution is 6.25. The summed E-state index contributed by atoms with van der Waals surface area (Å²) >= 11 is 0. The molecule has 0 aromatic heterocycles. The number of hydrogen-bond donors (Lipinski definition) is 5. The van der Waals surface area contributed by atoms with Crippen molar-refractivity contribution in [3.63, 3.8) is 0 Å². The Morgan fingerprint density at radius 3 is 2.31 bits per heavy atom. The Morgan fingerprint density at radius 1 is 1.08 bits per heavy atom. The molecule has 2 aromatic rings. The molecule has 0 aliphatic heterocycles. The summed E-state index contributed by atoms with van der Waals surface area (Å²) in [4.78, 5) is 43.3. The van der Waals surface area contributed by atoms with Crippen LogP contribution in [0.5, 0.6) is 5.75 Å². The fraction of sp³-hybridized carbons (Fsp3) is 0.414. The molecule has 5 rings (SSSR count). The molecule has 5 N–H and O–H groups in total. The number of likely N-dealkylation sites (N-methyl/N-ethyl adjacent to an activating group) is 1. The van der Waals surface area contributed by atoms with Crippen molar-refractivity contribution in [2.24, 2.45) is 11.8 Å². The van der Waals surface area contributed by atoms with Gasteiger partial charge in [-0.05, 0) is 57.0 Å². The van der Waals surface area contributed by atoms with Gasteiger partial charge in [-0.3, -0.25) is 19.3 Å². The number of Topliss-reactive ketones (excluding diaryl/α,β-unsaturated/α-hetero) is 3. The molecule has 4 atom stereocenters. The van der Waals surface area contributed by atoms with Crippen LogP contribution in [0.25, 0.3) is 10.8 Å². The maximum atomic E-state index is 14.1. The quantitative estimate of drug-likeness (QED) is 0.366. The molecule has 0 saturated carbocycles. The maximum absolute atomic E-state index is 14.1. The molecule has 10 nitrogen and oxygen atoms in total. The van der Waals surface area contributed by atoms with Gasteiger partial charge in [-0.25, -0.2) is 0 Å². The van der Waals surface area contributed by atoms with Crippen molar-refractivity contribution < 1.29 is 39.9 Å². The normalized spacial score (nSPS) is 26.6. The lowest BCUT2D eigenvalue weighted by Gasteiger charge is -2.50. The average molecular weight is 537 g/mol. The van der Waals surface area contributed by atoms with Crippen molar-refractivity contribution in [1.82, 2.24) is 4.90 Å². The summed E-state index contributed by atoms with van der Waals surface area (Å²) in [5.74, 6) is -5.96. The van der Waals surface area contributed by atoms with E-state index in [0.29, 0.717) is 27.6 Å². The number of phenolic OH excluding ortho intramolecular Hbond substituents is 1. The van der Waals surface area contributed by atoms with E-state index in [9.17, 15) is 39.9 Å². The number of aliphatic hydroxyl groups excluding tert-OH is 3. The minimum atomic E-state index is -2.61. The van der Waals surface area contributed by atoms with Crippen LogP contribution in [0.2, 0.25) is 0 Å². The van der Waals surface area contributed by atoms with Crippen molar-refractivity contribution >= 4 is 33.8 Å². The Morgan fingerprint density at radius 2 is 1.74 bits per heavy atom. The fourth-order valence-corrected chi connectivity index (χ4v) is 6.86. The second-order valence-corrected chi connectivity index (χ2v) is 11.1. The number of carbonyl (C=O) groups excluding carboxylic acids is 3. The van der Waals surface area contributed by atoms with E-state index in [-0.39, 0.29) is 36.3 Å². The molecule has 0 fully saturated rings. The summed E-state index contributed by atoms with van der Waals surface area (Å²) in [6, 6.07) is 4.13. The SMILES string of the molecule is CC(=O)C1=C(O)[C@@H](N(C)C)[C@@H]2C[C@@H]3Cc4c(c(O)c5cc(CO)ccc5c4N(C)C)C(=O)C3=C(O)[C@]2(O)C1=O. The number of carbonyl (C=O) groups is 3. The highest BCUT2D eigenvalue weighted by Crippen LogP contribution is 2.54. The van der Waals surface area contributed by atoms with Gasteiger partial charge in [0.2, 0.25) is 5.78 Å². The topological polar surface area (TPSA) is 159 Å². The Labute approximate surface area is 225 Å². The van der Waals surface area contributed by atoms with Gasteiger partial charge < -0.3 is 30.4 Å². The van der Waals surface area contributed by atoms with Crippen molar-refractivity contribution in [2.75, 3.05) is 33.1 Å². The van der Waals surface area contributed by atoms with Gasteiger partial charge in [0.1, 0.15) is 22.8 Å². The van der Waals surface area contributed by atoms with E-state index in [2.05, 4.69) is 0 Å². The van der Waals surface area contributed by atoms with Gasteiger partial charge in [-0.2, -0.15) is 0 Å². The zero-order valence-electron chi connectivity index (χ0n) is 22.4. The van der Waals surface area contributed by atoms with Crippen LogP contribution in [0.15, 0.2) is 40.9 Å². The Bertz CT molecular complexity index is 1540. The molecule has 0 saturated heterocycles. The summed E-state index contributed by atoms with van der Waals surface area (Å²) in [5.41, 5.74) is -1.66. The molecular weight excluding hydrogens is 504 g/mol. The third kappa shape index (κ3) is 3.48. The Kier molecular flexibility index (Phi) is 6.13. The monoisotopic (exact) mass is 536 g/mol. The Balaban J connectivity index is 1.80. The predicted molar refractivity (Wildman–Crippen MR) is 143 cm³/mol. The number of phenols is 1. The van der Waals surface area contributed by atoms with Crippen molar-refractivity contribution in [3.8, 4) is 5.75 Å². The molecule has 0 unspecified atom stereocenters. The fourth-order valence-electron chi connectivity index (χ4n) is 6.86. The molecule has 10 heteroatoms. The van der Waals surface area contributed by atoms with E-state index in [0.717, 1.165) is 6.92 Å². The molecule has 3 aliphatic rings. The number of aromatic hydroxyl groups is 1. The summed E-state index contributed by atoms with van der Waals surface area (Å²) in [7, 11) is 6.88. The third-order valence-corrected chi connectivity index (χ3v) is 8.47. The van der Waals surface area contributed by atoms with Gasteiger partial charge in [0.25, 0.3) is 0 Å². The molecule has 0 heterocycles. The maximum Gasteiger partial charge on any atom is 0.209 e. The van der Waals surface area contributed by atoms with Crippen molar-refractivity contribution in [2.45, 2.75) is 38.0 Å². The highest BCUT2D eigenvalue weighted by Gasteiger charge is 2.63. The van der Waals surface area contributed by atoms with Gasteiger partial charge in [-0.1, -0.05) is 12.1 Å². The second-order valence-electron chi connectivity index (χ2n) is 11.1. The summed E-state index contributed by atoms with van der Waals surface area (Å²) < 4.78 is 0. The first-order valence-electron chi connectivity index (χ1n) is 12.7. The lowest BCUT2D eigenvalue weighted by Crippen LogP contribution is -2.63. The van der Waals surface area contributed by atoms with Gasteiger partial charge in [0, 0.05) is 42.0 Å². The van der Waals surface area contributed by atoms with Crippen molar-refractivity contribution in [3.05, 3.63) is 57.6 Å². The Hall–Kier alpha value is -3.73. The number of aliphatic hydroxyl groups is 4. The van der Waals surface area contributed by atoms with Crippen LogP contribution in [0, 0.1) is 11.8 Å². The van der Waals surface area contributed by atoms with Gasteiger partial charge >= 0.3 is 0 Å². The van der Waals surface area contributed by atoms with E-state index in [1.807, 2.05) is 19.0 Å². The number of anilines is 1. The zero-order valence-corrected chi connectivity index (χ0v) is 22.4. The number of ketones is 3. The molecule has 0 amide bonds. The van der Waals surface area contributed by atoms with Crippen LogP contribution in [-0.2, 0) is 22.6 Å². The van der Waals surface area contributed by atoms with E-state index in [1.165, 1.54) is 0 Å². The summed E-state index contributed by atoms with van der Waals surface area (Å²) in [5, 5.41) is 56.3. The number of rotatable bonds is 4. The highest BCUT2D eigenvalue weighted by atomic mass is 16.3. The number of hydrogen-bond acceptors (Lipinski definition) is 10. The minimum absolute atomic E-state index is 0.0428. The second kappa shape index (κ2) is 8.90. The van der Waals surface area contributed by atoms with Crippen LogP contribution in [0.3, 0.4) is 0 Å². The summed E-state index contributed by atoms with van der Waals surface area (Å²) in [6.45, 7) is 0.818. The molecular formula is C29H32N2O8. The van der Waals surface area contributed by atoms with E-state index < -0.39 is 57.9 Å². The number of nitrogens with zero attached hydrogens (tertiary/aromatic N) is 2. The lowest BCUT2D eigenvalue weighted by molar-refractivity contribution is -0.148. The van der Waals surface area contributed by atoms with Crippen LogP contribution < -0.4 is 4.90 Å². The molecule has 0 bridgehead atoms. The molecule has 3 aliphatic carbocycles. The minimum Gasteiger partial charge on any atom is -0.510 e. The molecule has 206 valence electrons. The first-order valence-corrected chi connectivity index (χ1v) is 12.7. The lowest BCUT2D eigenvalue weighted by atomic mass is 9.58. The van der Waals surface area contributed by atoms with Gasteiger partial charge in [0.15, 0.2) is 17.2 Å². The first-order chi connectivity index (χ1) is 18.3. The number of benzene rings is 2. The van der Waals surface area contributed by atoms with E-state index >= 15 is 0 Å². The average Bonchev–Trinajstić information content (AvgIpc) is 2.85. The number of fused-ring (bicyclic) bond motifs is 4. The van der Waals surface area contributed by atoms with Crippen LogP contribution in [0.4, 0.5) is 5.69 Å². The zero-order chi connectivity index (χ0) is 28.7. The summed E-state index contributed by atoms with van der Waals surface area (Å²) in [6.07, 6.45) is 0.268.